The second kappa shape index (κ2) is 21.2. The van der Waals surface area contributed by atoms with E-state index >= 15 is 0 Å². The van der Waals surface area contributed by atoms with Gasteiger partial charge >= 0.3 is 42.5 Å². The van der Waals surface area contributed by atoms with E-state index in [0.29, 0.717) is 6.04 Å². The number of likely N-dealkylation sites (tertiary alicyclic amines) is 1. The Morgan fingerprint density at radius 3 is 1.73 bits per heavy atom. The smallest absolute Gasteiger partial charge is 0.490 e. The number of amides is 2. The third-order valence-corrected chi connectivity index (χ3v) is 9.08. The van der Waals surface area contributed by atoms with Crippen LogP contribution >= 0.6 is 0 Å². The zero-order valence-corrected chi connectivity index (χ0v) is 30.4. The van der Waals surface area contributed by atoms with Crippen molar-refractivity contribution in [2.75, 3.05) is 74.1 Å². The van der Waals surface area contributed by atoms with Crippen LogP contribution in [-0.2, 0) is 19.8 Å². The van der Waals surface area contributed by atoms with Crippen molar-refractivity contribution in [3.05, 3.63) is 23.8 Å². The van der Waals surface area contributed by atoms with Crippen molar-refractivity contribution in [1.82, 2.24) is 25.3 Å². The number of hydrogen-bond donors (Lipinski definition) is 5. The molecule has 3 fully saturated rings. The molecule has 1 aromatic carbocycles. The first-order valence-corrected chi connectivity index (χ1v) is 16.6. The van der Waals surface area contributed by atoms with Crippen molar-refractivity contribution in [3.63, 3.8) is 0 Å². The average molecular weight is 816 g/mol. The summed E-state index contributed by atoms with van der Waals surface area (Å²) < 4.78 is 106. The van der Waals surface area contributed by atoms with Gasteiger partial charge < -0.3 is 50.1 Å². The highest BCUT2D eigenvalue weighted by Gasteiger charge is 2.50. The molecule has 1 saturated carbocycles. The molecule has 0 radical (unpaired) electrons. The average Bonchev–Trinajstić information content (AvgIpc) is 3.43. The van der Waals surface area contributed by atoms with Crippen molar-refractivity contribution >= 4 is 23.9 Å². The van der Waals surface area contributed by atoms with Crippen LogP contribution in [0.2, 0.25) is 0 Å². The summed E-state index contributed by atoms with van der Waals surface area (Å²) >= 11 is 0. The predicted molar refractivity (Wildman–Crippen MR) is 176 cm³/mol. The summed E-state index contributed by atoms with van der Waals surface area (Å²) in [5.74, 6) is -6.71. The highest BCUT2D eigenvalue weighted by Crippen LogP contribution is 2.49. The zero-order chi connectivity index (χ0) is 42.4. The number of fused-ring (bicyclic) bond motifs is 1. The molecule has 0 aromatic heterocycles. The number of hydrogen-bond acceptors (Lipinski definition) is 9. The summed E-state index contributed by atoms with van der Waals surface area (Å²) in [6.07, 6.45) is -10.1. The lowest BCUT2D eigenvalue weighted by molar-refractivity contribution is -0.193. The molecule has 55 heavy (non-hydrogen) atoms. The van der Waals surface area contributed by atoms with Crippen LogP contribution in [0.4, 0.5) is 44.3 Å². The number of alkyl halides is 9. The predicted octanol–water partition coefficient (Wildman–Crippen LogP) is 4.03. The van der Waals surface area contributed by atoms with Crippen molar-refractivity contribution < 1.29 is 83.5 Å². The number of likely N-dealkylation sites (N-methyl/N-ethyl adjacent to an activating group) is 2. The van der Waals surface area contributed by atoms with Crippen molar-refractivity contribution in [2.45, 2.75) is 68.1 Å². The molecule has 1 aliphatic carbocycles. The fourth-order valence-electron chi connectivity index (χ4n) is 6.21. The number of halogens is 9. The lowest BCUT2D eigenvalue weighted by Crippen LogP contribution is -2.53. The highest BCUT2D eigenvalue weighted by atomic mass is 19.4. The van der Waals surface area contributed by atoms with Crippen LogP contribution in [0.25, 0.3) is 0 Å². The number of carboxylic acid groups (broad SMARTS) is 3. The van der Waals surface area contributed by atoms with Gasteiger partial charge in [-0.15, -0.1) is 0 Å². The Bertz CT molecular complexity index is 1350. The lowest BCUT2D eigenvalue weighted by Gasteiger charge is -2.45. The van der Waals surface area contributed by atoms with Gasteiger partial charge in [-0.3, -0.25) is 0 Å². The second-order valence-electron chi connectivity index (χ2n) is 12.8. The Hall–Kier alpha value is -4.25. The maximum Gasteiger partial charge on any atom is 0.490 e. The number of nitrogens with one attached hydrogen (secondary N) is 2. The molecule has 2 saturated heterocycles. The van der Waals surface area contributed by atoms with Gasteiger partial charge in [-0.05, 0) is 77.0 Å². The van der Waals surface area contributed by atoms with Gasteiger partial charge in [0.1, 0.15) is 0 Å². The fraction of sp³-hybridized carbons (Fsp3) is 0.688. The number of carboxylic acids is 3. The quantitative estimate of drug-likeness (QED) is 0.188. The van der Waals surface area contributed by atoms with Crippen LogP contribution in [-0.4, -0.2) is 159 Å². The van der Waals surface area contributed by atoms with E-state index in [0.717, 1.165) is 89.4 Å². The number of methoxy groups -OCH3 is 2. The van der Waals surface area contributed by atoms with E-state index in [-0.39, 0.29) is 17.5 Å². The minimum absolute atomic E-state index is 0.0253. The van der Waals surface area contributed by atoms with E-state index in [2.05, 4.69) is 51.6 Å². The largest absolute Gasteiger partial charge is 0.493 e. The summed E-state index contributed by atoms with van der Waals surface area (Å²) in [4.78, 5) is 46.6. The summed E-state index contributed by atoms with van der Waals surface area (Å²) in [6, 6.07) is 6.97. The number of carbonyl (C=O) groups is 4. The summed E-state index contributed by atoms with van der Waals surface area (Å²) in [7, 11) is 7.77. The molecule has 1 aromatic rings. The van der Waals surface area contributed by atoms with Gasteiger partial charge in [-0.2, -0.15) is 39.5 Å². The Morgan fingerprint density at radius 1 is 0.782 bits per heavy atom. The molecule has 0 unspecified atom stereocenters. The Kier molecular flexibility index (Phi) is 18.8. The maximum atomic E-state index is 12.6. The van der Waals surface area contributed by atoms with Gasteiger partial charge in [0.15, 0.2) is 11.5 Å². The number of ether oxygens (including phenoxy) is 2. The molecule has 316 valence electrons. The first-order chi connectivity index (χ1) is 25.3. The lowest BCUT2D eigenvalue weighted by atomic mass is 9.65. The number of nitrogens with zero attached hydrogens (tertiary/aromatic N) is 3. The van der Waals surface area contributed by atoms with Crippen LogP contribution in [0.5, 0.6) is 11.5 Å². The second-order valence-corrected chi connectivity index (χ2v) is 12.8. The molecular weight excluding hydrogens is 769 g/mol. The highest BCUT2D eigenvalue weighted by molar-refractivity contribution is 5.74. The normalized spacial score (nSPS) is 21.8. The maximum absolute atomic E-state index is 12.6. The molecule has 2 heterocycles. The van der Waals surface area contributed by atoms with E-state index in [1.54, 1.807) is 14.2 Å². The van der Waals surface area contributed by atoms with Gasteiger partial charge in [0.25, 0.3) is 0 Å². The molecule has 2 amide bonds. The standard InChI is InChI=1S/C26H43N5O3.3C2HF3O2/c1-29-14-16-31(17-15-29)12-5-11-27-25(32)28-21-8-9-26(10-13-30(2)24(26)19-21)20-6-7-22(33-3)23(18-20)34-4;3*3-2(4,5)1(6)7/h6-7,18,21,24H,5,8-17,19H2,1-4H3,(H2,27,28,32);3*(H,6,7)/t21-,24+,26+;;;/m1.../s1. The molecule has 4 rings (SSSR count). The SMILES string of the molecule is COc1ccc([C@@]23CC[C@@H](NC(=O)NCCCN4CCN(C)CC4)C[C@@H]2N(C)CC3)cc1OC.O=C(O)C(F)(F)F.O=C(O)C(F)(F)F.O=C(O)C(F)(F)F. The molecule has 0 bridgehead atoms. The number of aliphatic carboxylic acids is 3. The van der Waals surface area contributed by atoms with E-state index in [1.807, 2.05) is 6.07 Å². The van der Waals surface area contributed by atoms with E-state index in [1.165, 1.54) is 5.56 Å². The fourth-order valence-corrected chi connectivity index (χ4v) is 6.21. The van der Waals surface area contributed by atoms with Gasteiger partial charge in [0.2, 0.25) is 0 Å². The van der Waals surface area contributed by atoms with E-state index < -0.39 is 36.4 Å². The van der Waals surface area contributed by atoms with Crippen molar-refractivity contribution in [3.8, 4) is 11.5 Å². The van der Waals surface area contributed by atoms with Crippen molar-refractivity contribution in [2.24, 2.45) is 0 Å². The number of piperazine rings is 1. The Morgan fingerprint density at radius 2 is 1.27 bits per heavy atom. The topological polar surface area (TPSA) is 181 Å². The number of benzene rings is 1. The minimum Gasteiger partial charge on any atom is -0.493 e. The van der Waals surface area contributed by atoms with Gasteiger partial charge in [-0.25, -0.2) is 19.2 Å². The van der Waals surface area contributed by atoms with Gasteiger partial charge in [0, 0.05) is 50.2 Å². The zero-order valence-electron chi connectivity index (χ0n) is 30.4. The Balaban J connectivity index is 0.000000588. The third kappa shape index (κ3) is 16.2. The van der Waals surface area contributed by atoms with E-state index in [9.17, 15) is 44.3 Å². The van der Waals surface area contributed by atoms with Crippen LogP contribution in [0, 0.1) is 0 Å². The summed E-state index contributed by atoms with van der Waals surface area (Å²) in [5, 5.41) is 27.7. The number of urea groups is 1. The van der Waals surface area contributed by atoms with Gasteiger partial charge in [-0.1, -0.05) is 6.07 Å². The first kappa shape index (κ1) is 48.8. The van der Waals surface area contributed by atoms with Crippen LogP contribution in [0.15, 0.2) is 18.2 Å². The van der Waals surface area contributed by atoms with Gasteiger partial charge in [0.05, 0.1) is 14.2 Å². The monoisotopic (exact) mass is 815 g/mol. The van der Waals surface area contributed by atoms with Crippen LogP contribution in [0.1, 0.15) is 37.7 Å². The molecule has 3 aliphatic rings. The third-order valence-electron chi connectivity index (χ3n) is 9.08. The van der Waals surface area contributed by atoms with Crippen molar-refractivity contribution in [1.29, 1.82) is 0 Å². The first-order valence-electron chi connectivity index (χ1n) is 16.6. The Labute approximate surface area is 310 Å². The van der Waals surface area contributed by atoms with Crippen LogP contribution < -0.4 is 20.1 Å². The molecule has 2 aliphatic heterocycles. The molecule has 14 nitrogen and oxygen atoms in total. The molecule has 3 atom stereocenters. The van der Waals surface area contributed by atoms with Crippen LogP contribution in [0.3, 0.4) is 0 Å². The molecule has 0 spiro atoms. The summed E-state index contributed by atoms with van der Waals surface area (Å²) in [6.45, 7) is 7.38. The number of carbonyl (C=O) groups excluding carboxylic acids is 1. The molecule has 23 heteroatoms. The number of rotatable bonds is 8. The van der Waals surface area contributed by atoms with E-state index in [4.69, 9.17) is 39.2 Å². The minimum atomic E-state index is -5.08. The molecular formula is C32H46F9N5O9. The molecule has 5 N–H and O–H groups in total. The summed E-state index contributed by atoms with van der Waals surface area (Å²) in [5.41, 5.74) is 1.43.